The Hall–Kier alpha value is -2.86. The van der Waals surface area contributed by atoms with Gasteiger partial charge in [-0.3, -0.25) is 0 Å². The second-order valence-electron chi connectivity index (χ2n) is 7.90. The summed E-state index contributed by atoms with van der Waals surface area (Å²) in [7, 11) is 0. The van der Waals surface area contributed by atoms with E-state index in [2.05, 4.69) is 15.1 Å². The van der Waals surface area contributed by atoms with Crippen molar-refractivity contribution >= 4 is 0 Å². The van der Waals surface area contributed by atoms with Gasteiger partial charge in [-0.25, -0.2) is 9.67 Å². The fourth-order valence-electron chi connectivity index (χ4n) is 3.63. The molecule has 172 valence electrons. The van der Waals surface area contributed by atoms with Gasteiger partial charge in [0.2, 0.25) is 5.60 Å². The van der Waals surface area contributed by atoms with Crippen molar-refractivity contribution in [1.82, 2.24) is 19.7 Å². The normalized spacial score (nSPS) is 18.9. The van der Waals surface area contributed by atoms with Crippen molar-refractivity contribution in [2.45, 2.75) is 43.3 Å². The number of hydrogen-bond acceptors (Lipinski definition) is 4. The first kappa shape index (κ1) is 22.3. The Labute approximate surface area is 177 Å². The largest absolute Gasteiger partial charge is 0.424 e. The van der Waals surface area contributed by atoms with Crippen LogP contribution >= 0.6 is 0 Å². The monoisotopic (exact) mass is 460 g/mol. The van der Waals surface area contributed by atoms with Crippen LogP contribution < -0.4 is 0 Å². The number of nitrogens with one attached hydrogen (secondary N) is 1. The van der Waals surface area contributed by atoms with E-state index >= 15 is 0 Å². The number of aliphatic hydroxyl groups is 2. The van der Waals surface area contributed by atoms with E-state index in [-0.39, 0.29) is 18.5 Å². The summed E-state index contributed by atoms with van der Waals surface area (Å²) in [5, 5.41) is 25.0. The maximum atomic E-state index is 13.9. The fraction of sp³-hybridized carbons (Fsp3) is 0.400. The third kappa shape index (κ3) is 3.66. The lowest BCUT2D eigenvalue weighted by molar-refractivity contribution is -0.301. The minimum atomic E-state index is -5.32. The average molecular weight is 460 g/mol. The SMILES string of the molecule is OC(c1nc(CC2(C(F)(F)F)CC2)c[nH]1)C(O)(c1ccc(-n2cccn2)cc1)C(F)(F)F. The highest BCUT2D eigenvalue weighted by Gasteiger charge is 2.63. The molecule has 3 aromatic rings. The maximum absolute atomic E-state index is 13.9. The number of benzene rings is 1. The summed E-state index contributed by atoms with van der Waals surface area (Å²) in [6.07, 6.45) is -9.06. The molecule has 6 nitrogen and oxygen atoms in total. The van der Waals surface area contributed by atoms with Crippen molar-refractivity contribution in [2.24, 2.45) is 5.41 Å². The van der Waals surface area contributed by atoms with Gasteiger partial charge in [0.05, 0.1) is 16.8 Å². The number of nitrogens with zero attached hydrogens (tertiary/aromatic N) is 3. The van der Waals surface area contributed by atoms with Gasteiger partial charge in [0.1, 0.15) is 5.82 Å². The van der Waals surface area contributed by atoms with Crippen LogP contribution in [0.4, 0.5) is 26.3 Å². The van der Waals surface area contributed by atoms with Gasteiger partial charge in [0, 0.05) is 25.0 Å². The first-order valence-corrected chi connectivity index (χ1v) is 9.56. The molecule has 1 aliphatic rings. The standard InChI is InChI=1S/C20H18F6N4O2/c21-19(22,23)17(6-7-17)10-13-11-27-16(29-13)15(31)18(32,20(24,25)26)12-2-4-14(5-3-12)30-9-1-8-28-30/h1-5,8-9,11,15,31-32H,6-7,10H2,(H,27,29). The summed E-state index contributed by atoms with van der Waals surface area (Å²) in [5.41, 5.74) is -6.10. The van der Waals surface area contributed by atoms with E-state index in [0.29, 0.717) is 5.69 Å². The van der Waals surface area contributed by atoms with Crippen LogP contribution in [-0.2, 0) is 12.0 Å². The summed E-state index contributed by atoms with van der Waals surface area (Å²) < 4.78 is 82.7. The average Bonchev–Trinajstić information content (AvgIpc) is 3.13. The highest BCUT2D eigenvalue weighted by Crippen LogP contribution is 2.59. The van der Waals surface area contributed by atoms with Crippen LogP contribution in [0.15, 0.2) is 48.9 Å². The van der Waals surface area contributed by atoms with Crippen LogP contribution in [-0.4, -0.2) is 42.3 Å². The van der Waals surface area contributed by atoms with Gasteiger partial charge >= 0.3 is 12.4 Å². The zero-order chi connectivity index (χ0) is 23.4. The van der Waals surface area contributed by atoms with Crippen molar-refractivity contribution in [1.29, 1.82) is 0 Å². The second-order valence-corrected chi connectivity index (χ2v) is 7.90. The lowest BCUT2D eigenvalue weighted by Crippen LogP contribution is -2.47. The first-order chi connectivity index (χ1) is 14.9. The highest BCUT2D eigenvalue weighted by molar-refractivity contribution is 5.38. The highest BCUT2D eigenvalue weighted by atomic mass is 19.4. The van der Waals surface area contributed by atoms with E-state index in [0.717, 1.165) is 18.3 Å². The molecule has 1 aromatic carbocycles. The molecule has 0 saturated heterocycles. The van der Waals surface area contributed by atoms with Crippen molar-refractivity contribution in [2.75, 3.05) is 0 Å². The van der Waals surface area contributed by atoms with Gasteiger partial charge in [-0.05, 0) is 36.6 Å². The molecule has 12 heteroatoms. The maximum Gasteiger partial charge on any atom is 0.424 e. The van der Waals surface area contributed by atoms with E-state index in [9.17, 15) is 36.6 Å². The van der Waals surface area contributed by atoms with Crippen LogP contribution in [0.2, 0.25) is 0 Å². The number of rotatable bonds is 6. The summed E-state index contributed by atoms with van der Waals surface area (Å²) in [6.45, 7) is 0. The van der Waals surface area contributed by atoms with Gasteiger partial charge in [0.25, 0.3) is 0 Å². The number of alkyl halides is 6. The molecule has 0 aliphatic heterocycles. The molecule has 1 fully saturated rings. The van der Waals surface area contributed by atoms with Gasteiger partial charge < -0.3 is 15.2 Å². The summed E-state index contributed by atoms with van der Waals surface area (Å²) >= 11 is 0. The number of hydrogen-bond donors (Lipinski definition) is 3. The molecule has 2 heterocycles. The minimum Gasteiger partial charge on any atom is -0.381 e. The Balaban J connectivity index is 1.63. The number of aromatic nitrogens is 4. The van der Waals surface area contributed by atoms with Crippen molar-refractivity contribution < 1.29 is 36.6 Å². The van der Waals surface area contributed by atoms with Gasteiger partial charge in [0.15, 0.2) is 6.10 Å². The molecule has 0 radical (unpaired) electrons. The lowest BCUT2D eigenvalue weighted by Gasteiger charge is -2.34. The zero-order valence-electron chi connectivity index (χ0n) is 16.3. The van der Waals surface area contributed by atoms with Crippen LogP contribution in [0.25, 0.3) is 5.69 Å². The Kier molecular flexibility index (Phi) is 5.12. The molecular weight excluding hydrogens is 442 g/mol. The number of imidazole rings is 1. The Morgan fingerprint density at radius 1 is 1.09 bits per heavy atom. The van der Waals surface area contributed by atoms with Crippen molar-refractivity contribution in [3.8, 4) is 5.69 Å². The second kappa shape index (κ2) is 7.34. The minimum absolute atomic E-state index is 0.101. The molecule has 1 saturated carbocycles. The van der Waals surface area contributed by atoms with Gasteiger partial charge in [-0.1, -0.05) is 12.1 Å². The molecule has 1 aliphatic carbocycles. The third-order valence-corrected chi connectivity index (χ3v) is 5.79. The van der Waals surface area contributed by atoms with Crippen molar-refractivity contribution in [3.63, 3.8) is 0 Å². The van der Waals surface area contributed by atoms with E-state index in [1.54, 1.807) is 12.3 Å². The predicted molar refractivity (Wildman–Crippen MR) is 98.5 cm³/mol. The topological polar surface area (TPSA) is 87.0 Å². The number of aromatic amines is 1. The number of halogens is 6. The molecule has 3 N–H and O–H groups in total. The molecule has 2 aromatic heterocycles. The number of aliphatic hydroxyl groups excluding tert-OH is 1. The summed E-state index contributed by atoms with van der Waals surface area (Å²) in [6, 6.07) is 6.14. The molecule has 32 heavy (non-hydrogen) atoms. The van der Waals surface area contributed by atoms with E-state index in [4.69, 9.17) is 0 Å². The van der Waals surface area contributed by atoms with Crippen molar-refractivity contribution in [3.05, 3.63) is 66.0 Å². The molecule has 4 rings (SSSR count). The zero-order valence-corrected chi connectivity index (χ0v) is 16.3. The quantitative estimate of drug-likeness (QED) is 0.486. The molecule has 0 bridgehead atoms. The predicted octanol–water partition coefficient (Wildman–Crippen LogP) is 3.96. The molecular formula is C20H18F6N4O2. The molecule has 2 atom stereocenters. The summed E-state index contributed by atoms with van der Waals surface area (Å²) in [4.78, 5) is 6.02. The third-order valence-electron chi connectivity index (χ3n) is 5.79. The molecule has 0 amide bonds. The van der Waals surface area contributed by atoms with E-state index in [1.165, 1.54) is 23.0 Å². The fourth-order valence-corrected chi connectivity index (χ4v) is 3.63. The van der Waals surface area contributed by atoms with E-state index < -0.39 is 47.3 Å². The van der Waals surface area contributed by atoms with Crippen LogP contribution in [0.3, 0.4) is 0 Å². The Morgan fingerprint density at radius 3 is 2.25 bits per heavy atom. The molecule has 2 unspecified atom stereocenters. The summed E-state index contributed by atoms with van der Waals surface area (Å²) in [5.74, 6) is -0.686. The lowest BCUT2D eigenvalue weighted by atomic mass is 9.86. The van der Waals surface area contributed by atoms with Gasteiger partial charge in [-0.15, -0.1) is 0 Å². The van der Waals surface area contributed by atoms with Crippen LogP contribution in [0, 0.1) is 5.41 Å². The Morgan fingerprint density at radius 2 is 1.75 bits per heavy atom. The number of H-pyrrole nitrogens is 1. The van der Waals surface area contributed by atoms with Crippen LogP contribution in [0.5, 0.6) is 0 Å². The first-order valence-electron chi connectivity index (χ1n) is 9.56. The Bertz CT molecular complexity index is 1070. The van der Waals surface area contributed by atoms with E-state index in [1.807, 2.05) is 0 Å². The van der Waals surface area contributed by atoms with Crippen LogP contribution in [0.1, 0.15) is 36.0 Å². The smallest absolute Gasteiger partial charge is 0.381 e. The van der Waals surface area contributed by atoms with Gasteiger partial charge in [-0.2, -0.15) is 31.4 Å². The molecule has 0 spiro atoms.